The lowest BCUT2D eigenvalue weighted by atomic mass is 10.1. The van der Waals surface area contributed by atoms with E-state index >= 15 is 0 Å². The molecule has 0 fully saturated rings. The van der Waals surface area contributed by atoms with Gasteiger partial charge in [0.15, 0.2) is 5.65 Å². The molecule has 158 valence electrons. The number of amides is 1. The lowest BCUT2D eigenvalue weighted by Gasteiger charge is -2.14. The SMILES string of the molecule is CC[C@H](C)COc1cc(-c2cnc3[nH]cc(C=CC(N)=O)c3n2)cc(C(F)(F)F)n1. The fraction of sp³-hybridized carbons (Fsp3) is 0.300. The Labute approximate surface area is 170 Å². The topological polar surface area (TPSA) is 107 Å². The molecule has 10 heteroatoms. The van der Waals surface area contributed by atoms with Gasteiger partial charge in [-0.05, 0) is 18.1 Å². The summed E-state index contributed by atoms with van der Waals surface area (Å²) in [5, 5.41) is 0. The minimum absolute atomic E-state index is 0.134. The summed E-state index contributed by atoms with van der Waals surface area (Å²) >= 11 is 0. The van der Waals surface area contributed by atoms with Crippen LogP contribution in [0.4, 0.5) is 13.2 Å². The summed E-state index contributed by atoms with van der Waals surface area (Å²) in [5.41, 5.74) is 5.73. The summed E-state index contributed by atoms with van der Waals surface area (Å²) in [7, 11) is 0. The van der Waals surface area contributed by atoms with Gasteiger partial charge in [-0.3, -0.25) is 4.79 Å². The van der Waals surface area contributed by atoms with Crippen LogP contribution in [0.2, 0.25) is 0 Å². The summed E-state index contributed by atoms with van der Waals surface area (Å²) < 4.78 is 45.6. The maximum absolute atomic E-state index is 13.4. The standard InChI is InChI=1S/C20H20F3N5O2/c1-3-11(2)10-30-17-7-13(6-15(28-17)20(21,22)23)14-9-26-19-18(27-14)12(8-25-19)4-5-16(24)29/h4-9,11H,3,10H2,1-2H3,(H2,24,29)(H,25,26)/t11-/m0/s1. The van der Waals surface area contributed by atoms with E-state index in [-0.39, 0.29) is 29.7 Å². The minimum atomic E-state index is -4.65. The van der Waals surface area contributed by atoms with Crippen molar-refractivity contribution in [3.63, 3.8) is 0 Å². The molecule has 3 rings (SSSR count). The molecule has 0 radical (unpaired) electrons. The van der Waals surface area contributed by atoms with Crippen LogP contribution >= 0.6 is 0 Å². The monoisotopic (exact) mass is 419 g/mol. The third-order valence-corrected chi connectivity index (χ3v) is 4.44. The Balaban J connectivity index is 2.05. The van der Waals surface area contributed by atoms with E-state index in [2.05, 4.69) is 19.9 Å². The predicted molar refractivity (Wildman–Crippen MR) is 105 cm³/mol. The summed E-state index contributed by atoms with van der Waals surface area (Å²) in [6.07, 6.45) is 1.71. The van der Waals surface area contributed by atoms with Crippen molar-refractivity contribution in [2.75, 3.05) is 6.61 Å². The van der Waals surface area contributed by atoms with Crippen LogP contribution in [-0.2, 0) is 11.0 Å². The van der Waals surface area contributed by atoms with Gasteiger partial charge in [0, 0.05) is 29.5 Å². The zero-order valence-corrected chi connectivity index (χ0v) is 16.3. The van der Waals surface area contributed by atoms with Crippen molar-refractivity contribution in [1.82, 2.24) is 19.9 Å². The molecule has 3 heterocycles. The van der Waals surface area contributed by atoms with Crippen LogP contribution in [-0.4, -0.2) is 32.4 Å². The van der Waals surface area contributed by atoms with Crippen molar-refractivity contribution in [1.29, 1.82) is 0 Å². The van der Waals surface area contributed by atoms with Gasteiger partial charge in [0.2, 0.25) is 11.8 Å². The fourth-order valence-corrected chi connectivity index (χ4v) is 2.57. The van der Waals surface area contributed by atoms with Gasteiger partial charge in [0.05, 0.1) is 18.5 Å². The average molecular weight is 419 g/mol. The van der Waals surface area contributed by atoms with Crippen LogP contribution in [0, 0.1) is 5.92 Å². The lowest BCUT2D eigenvalue weighted by molar-refractivity contribution is -0.141. The number of aromatic amines is 1. The highest BCUT2D eigenvalue weighted by Crippen LogP contribution is 2.33. The van der Waals surface area contributed by atoms with Crippen molar-refractivity contribution >= 4 is 23.1 Å². The van der Waals surface area contributed by atoms with Crippen molar-refractivity contribution in [3.8, 4) is 17.1 Å². The molecule has 0 spiro atoms. The molecule has 0 saturated carbocycles. The molecular weight excluding hydrogens is 399 g/mol. The van der Waals surface area contributed by atoms with Gasteiger partial charge < -0.3 is 15.5 Å². The number of fused-ring (bicyclic) bond motifs is 1. The van der Waals surface area contributed by atoms with Crippen LogP contribution in [0.3, 0.4) is 0 Å². The van der Waals surface area contributed by atoms with Gasteiger partial charge in [0.25, 0.3) is 0 Å². The summed E-state index contributed by atoms with van der Waals surface area (Å²) in [6, 6.07) is 2.30. The molecule has 0 aliphatic carbocycles. The molecule has 1 amide bonds. The van der Waals surface area contributed by atoms with Gasteiger partial charge >= 0.3 is 6.18 Å². The Morgan fingerprint density at radius 3 is 2.77 bits per heavy atom. The number of nitrogens with two attached hydrogens (primary N) is 1. The number of aromatic nitrogens is 4. The molecule has 0 saturated heterocycles. The predicted octanol–water partition coefficient (Wildman–Crippen LogP) is 3.96. The molecule has 0 unspecified atom stereocenters. The maximum atomic E-state index is 13.4. The van der Waals surface area contributed by atoms with Gasteiger partial charge in [-0.1, -0.05) is 20.3 Å². The molecule has 0 aliphatic heterocycles. The van der Waals surface area contributed by atoms with Crippen molar-refractivity contribution < 1.29 is 22.7 Å². The van der Waals surface area contributed by atoms with E-state index in [4.69, 9.17) is 10.5 Å². The number of halogens is 3. The number of rotatable bonds is 7. The van der Waals surface area contributed by atoms with E-state index in [9.17, 15) is 18.0 Å². The second-order valence-electron chi connectivity index (χ2n) is 6.83. The number of nitrogens with one attached hydrogen (secondary N) is 1. The quantitative estimate of drug-likeness (QED) is 0.564. The van der Waals surface area contributed by atoms with Crippen LogP contribution < -0.4 is 10.5 Å². The van der Waals surface area contributed by atoms with Crippen LogP contribution in [0.5, 0.6) is 5.88 Å². The number of ether oxygens (including phenoxy) is 1. The van der Waals surface area contributed by atoms with Gasteiger partial charge in [-0.25, -0.2) is 15.0 Å². The molecule has 0 aliphatic rings. The molecule has 0 bridgehead atoms. The smallest absolute Gasteiger partial charge is 0.433 e. The molecule has 0 aromatic carbocycles. The van der Waals surface area contributed by atoms with E-state index in [0.717, 1.165) is 18.6 Å². The fourth-order valence-electron chi connectivity index (χ4n) is 2.57. The van der Waals surface area contributed by atoms with Crippen molar-refractivity contribution in [2.45, 2.75) is 26.4 Å². The molecule has 1 atom stereocenters. The number of carbonyl (C=O) groups is 1. The highest BCUT2D eigenvalue weighted by atomic mass is 19.4. The zero-order chi connectivity index (χ0) is 21.9. The van der Waals surface area contributed by atoms with Crippen LogP contribution in [0.15, 0.2) is 30.6 Å². The molecule has 3 aromatic heterocycles. The summed E-state index contributed by atoms with van der Waals surface area (Å²) in [6.45, 7) is 4.14. The highest BCUT2D eigenvalue weighted by Gasteiger charge is 2.34. The Bertz CT molecular complexity index is 1090. The first kappa shape index (κ1) is 21.3. The van der Waals surface area contributed by atoms with E-state index < -0.39 is 17.8 Å². The third-order valence-electron chi connectivity index (χ3n) is 4.44. The van der Waals surface area contributed by atoms with E-state index in [1.54, 1.807) is 6.20 Å². The first-order valence-electron chi connectivity index (χ1n) is 9.21. The van der Waals surface area contributed by atoms with E-state index in [1.807, 2.05) is 13.8 Å². The van der Waals surface area contributed by atoms with Crippen molar-refractivity contribution in [3.05, 3.63) is 41.9 Å². The zero-order valence-electron chi connectivity index (χ0n) is 16.3. The first-order chi connectivity index (χ1) is 14.2. The average Bonchev–Trinajstić information content (AvgIpc) is 3.11. The number of pyridine rings is 1. The van der Waals surface area contributed by atoms with Gasteiger partial charge in [0.1, 0.15) is 11.2 Å². The number of hydrogen-bond acceptors (Lipinski definition) is 5. The minimum Gasteiger partial charge on any atom is -0.477 e. The molecular formula is C20H20F3N5O2. The van der Waals surface area contributed by atoms with Crippen LogP contribution in [0.25, 0.3) is 28.5 Å². The summed E-state index contributed by atoms with van der Waals surface area (Å²) in [4.78, 5) is 26.1. The Morgan fingerprint density at radius 2 is 2.10 bits per heavy atom. The first-order valence-corrected chi connectivity index (χ1v) is 9.21. The number of carbonyl (C=O) groups excluding carboxylic acids is 1. The van der Waals surface area contributed by atoms with Crippen molar-refractivity contribution in [2.24, 2.45) is 11.7 Å². The number of hydrogen-bond donors (Lipinski definition) is 2. The molecule has 7 nitrogen and oxygen atoms in total. The van der Waals surface area contributed by atoms with Gasteiger partial charge in [-0.15, -0.1) is 0 Å². The Morgan fingerprint density at radius 1 is 1.33 bits per heavy atom. The van der Waals surface area contributed by atoms with Gasteiger partial charge in [-0.2, -0.15) is 13.2 Å². The normalized spacial score (nSPS) is 13.1. The van der Waals surface area contributed by atoms with Crippen LogP contribution in [0.1, 0.15) is 31.5 Å². The largest absolute Gasteiger partial charge is 0.477 e. The number of H-pyrrole nitrogens is 1. The Hall–Kier alpha value is -3.43. The second kappa shape index (κ2) is 8.52. The molecule has 3 N–H and O–H groups in total. The highest BCUT2D eigenvalue weighted by molar-refractivity contribution is 5.93. The molecule has 3 aromatic rings. The Kier molecular flexibility index (Phi) is 6.04. The number of alkyl halides is 3. The van der Waals surface area contributed by atoms with E-state index in [0.29, 0.717) is 16.7 Å². The molecule has 30 heavy (non-hydrogen) atoms. The lowest BCUT2D eigenvalue weighted by Crippen LogP contribution is -2.12. The van der Waals surface area contributed by atoms with E-state index in [1.165, 1.54) is 18.3 Å². The number of primary amides is 1. The number of nitrogens with zero attached hydrogens (tertiary/aromatic N) is 3. The maximum Gasteiger partial charge on any atom is 0.433 e. The second-order valence-corrected chi connectivity index (χ2v) is 6.83. The summed E-state index contributed by atoms with van der Waals surface area (Å²) in [5.74, 6) is -0.606. The third kappa shape index (κ3) is 4.94.